The number of hydrogen-bond donors (Lipinski definition) is 2. The zero-order valence-electron chi connectivity index (χ0n) is 8.60. The van der Waals surface area contributed by atoms with Gasteiger partial charge in [0.2, 0.25) is 0 Å². The van der Waals surface area contributed by atoms with E-state index in [4.69, 9.17) is 9.94 Å². The van der Waals surface area contributed by atoms with Gasteiger partial charge in [-0.25, -0.2) is 5.48 Å². The van der Waals surface area contributed by atoms with E-state index in [1.165, 1.54) is 0 Å². The summed E-state index contributed by atoms with van der Waals surface area (Å²) in [5.74, 6) is 0.0903. The fourth-order valence-electron chi connectivity index (χ4n) is 1.60. The van der Waals surface area contributed by atoms with Gasteiger partial charge in [0.05, 0.1) is 12.7 Å². The van der Waals surface area contributed by atoms with Gasteiger partial charge >= 0.3 is 0 Å². The second kappa shape index (κ2) is 4.16. The molecular formula is C11H10N2O3. The highest BCUT2D eigenvalue weighted by Crippen LogP contribution is 2.27. The molecule has 0 aliphatic heterocycles. The molecule has 0 fully saturated rings. The molecule has 1 aromatic heterocycles. The number of fused-ring (bicyclic) bond motifs is 1. The predicted molar refractivity (Wildman–Crippen MR) is 57.5 cm³/mol. The molecule has 0 spiro atoms. The van der Waals surface area contributed by atoms with E-state index in [1.54, 1.807) is 43.2 Å². The Morgan fingerprint density at radius 2 is 2.19 bits per heavy atom. The SMILES string of the molecule is COc1ccc(C(=O)NO)c2cnccc12. The van der Waals surface area contributed by atoms with Gasteiger partial charge in [-0.15, -0.1) is 0 Å². The number of carbonyl (C=O) groups is 1. The molecule has 82 valence electrons. The number of rotatable bonds is 2. The number of hydroxylamine groups is 1. The van der Waals surface area contributed by atoms with E-state index in [0.29, 0.717) is 16.7 Å². The first kappa shape index (κ1) is 10.4. The molecular weight excluding hydrogens is 208 g/mol. The molecule has 1 amide bonds. The lowest BCUT2D eigenvalue weighted by atomic mass is 10.1. The third-order valence-electron chi connectivity index (χ3n) is 2.34. The van der Waals surface area contributed by atoms with E-state index in [1.807, 2.05) is 0 Å². The van der Waals surface area contributed by atoms with Crippen molar-refractivity contribution in [3.63, 3.8) is 0 Å². The normalized spacial score (nSPS) is 10.1. The van der Waals surface area contributed by atoms with E-state index in [-0.39, 0.29) is 0 Å². The molecule has 0 bridgehead atoms. The molecule has 1 aromatic carbocycles. The lowest BCUT2D eigenvalue weighted by Crippen LogP contribution is -2.18. The summed E-state index contributed by atoms with van der Waals surface area (Å²) in [4.78, 5) is 15.3. The summed E-state index contributed by atoms with van der Waals surface area (Å²) in [5.41, 5.74) is 1.96. The van der Waals surface area contributed by atoms with Gasteiger partial charge in [0.25, 0.3) is 5.91 Å². The van der Waals surface area contributed by atoms with Crippen LogP contribution in [0.25, 0.3) is 10.8 Å². The van der Waals surface area contributed by atoms with Crippen LogP contribution in [0.3, 0.4) is 0 Å². The number of aromatic nitrogens is 1. The van der Waals surface area contributed by atoms with Crippen LogP contribution in [0.5, 0.6) is 5.75 Å². The fraction of sp³-hybridized carbons (Fsp3) is 0.0909. The summed E-state index contributed by atoms with van der Waals surface area (Å²) in [6.45, 7) is 0. The van der Waals surface area contributed by atoms with Crippen LogP contribution in [0, 0.1) is 0 Å². The van der Waals surface area contributed by atoms with Crippen molar-refractivity contribution in [3.05, 3.63) is 36.2 Å². The van der Waals surface area contributed by atoms with Crippen molar-refractivity contribution >= 4 is 16.7 Å². The monoisotopic (exact) mass is 218 g/mol. The molecule has 1 heterocycles. The van der Waals surface area contributed by atoms with Crippen LogP contribution in [-0.4, -0.2) is 23.2 Å². The molecule has 0 saturated carbocycles. The quantitative estimate of drug-likeness (QED) is 0.589. The van der Waals surface area contributed by atoms with Gasteiger partial charge < -0.3 is 4.74 Å². The molecule has 0 aliphatic carbocycles. The highest BCUT2D eigenvalue weighted by Gasteiger charge is 2.11. The Hall–Kier alpha value is -2.14. The molecule has 0 aliphatic rings. The molecule has 0 unspecified atom stereocenters. The van der Waals surface area contributed by atoms with Gasteiger partial charge in [-0.2, -0.15) is 0 Å². The van der Waals surface area contributed by atoms with Crippen molar-refractivity contribution in [1.82, 2.24) is 10.5 Å². The van der Waals surface area contributed by atoms with Gasteiger partial charge in [0, 0.05) is 23.2 Å². The first-order valence-electron chi connectivity index (χ1n) is 4.63. The van der Waals surface area contributed by atoms with Crippen LogP contribution in [0.4, 0.5) is 0 Å². The van der Waals surface area contributed by atoms with Gasteiger partial charge in [0.15, 0.2) is 0 Å². The van der Waals surface area contributed by atoms with E-state index < -0.39 is 5.91 Å². The van der Waals surface area contributed by atoms with Crippen molar-refractivity contribution in [3.8, 4) is 5.75 Å². The van der Waals surface area contributed by atoms with E-state index in [9.17, 15) is 4.79 Å². The van der Waals surface area contributed by atoms with E-state index in [0.717, 1.165) is 5.39 Å². The van der Waals surface area contributed by atoms with Crippen molar-refractivity contribution in [2.75, 3.05) is 7.11 Å². The zero-order chi connectivity index (χ0) is 11.5. The fourth-order valence-corrected chi connectivity index (χ4v) is 1.60. The summed E-state index contributed by atoms with van der Waals surface area (Å²) in [7, 11) is 1.56. The summed E-state index contributed by atoms with van der Waals surface area (Å²) in [6.07, 6.45) is 3.17. The number of nitrogens with one attached hydrogen (secondary N) is 1. The molecule has 2 N–H and O–H groups in total. The summed E-state index contributed by atoms with van der Waals surface area (Å²) in [6, 6.07) is 5.00. The highest BCUT2D eigenvalue weighted by atomic mass is 16.5. The van der Waals surface area contributed by atoms with Crippen LogP contribution < -0.4 is 10.2 Å². The molecule has 0 saturated heterocycles. The van der Waals surface area contributed by atoms with Gasteiger partial charge in [0.1, 0.15) is 5.75 Å². The first-order chi connectivity index (χ1) is 7.77. The maximum atomic E-state index is 11.4. The average molecular weight is 218 g/mol. The van der Waals surface area contributed by atoms with Gasteiger partial charge in [-0.1, -0.05) is 0 Å². The Labute approximate surface area is 91.6 Å². The number of hydrogen-bond acceptors (Lipinski definition) is 4. The number of pyridine rings is 1. The molecule has 2 rings (SSSR count). The summed E-state index contributed by atoms with van der Waals surface area (Å²) < 4.78 is 5.17. The lowest BCUT2D eigenvalue weighted by molar-refractivity contribution is 0.0708. The number of ether oxygens (including phenoxy) is 1. The third kappa shape index (κ3) is 1.57. The highest BCUT2D eigenvalue weighted by molar-refractivity contribution is 6.07. The molecule has 0 radical (unpaired) electrons. The van der Waals surface area contributed by atoms with Crippen LogP contribution in [-0.2, 0) is 0 Å². The predicted octanol–water partition coefficient (Wildman–Crippen LogP) is 1.36. The summed E-state index contributed by atoms with van der Waals surface area (Å²) >= 11 is 0. The van der Waals surface area contributed by atoms with Crippen LogP contribution in [0.1, 0.15) is 10.4 Å². The number of amides is 1. The Balaban J connectivity index is 2.74. The molecule has 16 heavy (non-hydrogen) atoms. The lowest BCUT2D eigenvalue weighted by Gasteiger charge is -2.08. The maximum Gasteiger partial charge on any atom is 0.275 e. The standard InChI is InChI=1S/C11H10N2O3/c1-16-10-3-2-8(11(14)13-15)9-6-12-5-4-7(9)10/h2-6,15H,1H3,(H,13,14). The second-order valence-corrected chi connectivity index (χ2v) is 3.18. The van der Waals surface area contributed by atoms with Crippen molar-refractivity contribution in [1.29, 1.82) is 0 Å². The topological polar surface area (TPSA) is 71.5 Å². The minimum atomic E-state index is -0.569. The maximum absolute atomic E-state index is 11.4. The van der Waals surface area contributed by atoms with E-state index >= 15 is 0 Å². The van der Waals surface area contributed by atoms with Crippen molar-refractivity contribution in [2.24, 2.45) is 0 Å². The number of nitrogens with zero attached hydrogens (tertiary/aromatic N) is 1. The van der Waals surface area contributed by atoms with E-state index in [2.05, 4.69) is 4.98 Å². The van der Waals surface area contributed by atoms with Gasteiger partial charge in [-0.3, -0.25) is 15.0 Å². The molecule has 0 atom stereocenters. The Bertz CT molecular complexity index is 540. The Morgan fingerprint density at radius 3 is 2.88 bits per heavy atom. The Kier molecular flexibility index (Phi) is 2.70. The minimum absolute atomic E-state index is 0.353. The smallest absolute Gasteiger partial charge is 0.275 e. The number of methoxy groups -OCH3 is 1. The average Bonchev–Trinajstić information content (AvgIpc) is 2.36. The van der Waals surface area contributed by atoms with Crippen LogP contribution in [0.2, 0.25) is 0 Å². The third-order valence-corrected chi connectivity index (χ3v) is 2.34. The van der Waals surface area contributed by atoms with Crippen LogP contribution in [0.15, 0.2) is 30.6 Å². The Morgan fingerprint density at radius 1 is 1.38 bits per heavy atom. The molecule has 5 heteroatoms. The minimum Gasteiger partial charge on any atom is -0.496 e. The first-order valence-corrected chi connectivity index (χ1v) is 4.63. The van der Waals surface area contributed by atoms with Crippen molar-refractivity contribution in [2.45, 2.75) is 0 Å². The number of benzene rings is 1. The largest absolute Gasteiger partial charge is 0.496 e. The second-order valence-electron chi connectivity index (χ2n) is 3.18. The van der Waals surface area contributed by atoms with Crippen LogP contribution >= 0.6 is 0 Å². The zero-order valence-corrected chi connectivity index (χ0v) is 8.60. The molecule has 2 aromatic rings. The van der Waals surface area contributed by atoms with Crippen molar-refractivity contribution < 1.29 is 14.7 Å². The number of carbonyl (C=O) groups excluding carboxylic acids is 1. The summed E-state index contributed by atoms with van der Waals surface area (Å²) in [5, 5.41) is 10.0. The molecule has 5 nitrogen and oxygen atoms in total. The van der Waals surface area contributed by atoms with Gasteiger partial charge in [-0.05, 0) is 18.2 Å².